The van der Waals surface area contributed by atoms with E-state index >= 15 is 0 Å². The smallest absolute Gasteiger partial charge is 0.339 e. The van der Waals surface area contributed by atoms with Gasteiger partial charge in [-0.3, -0.25) is 10.1 Å². The summed E-state index contributed by atoms with van der Waals surface area (Å²) in [6.45, 7) is 2.14. The van der Waals surface area contributed by atoms with Crippen LogP contribution in [-0.4, -0.2) is 14.9 Å². The molecule has 0 saturated carbocycles. The molecule has 1 heterocycles. The zero-order valence-electron chi connectivity index (χ0n) is 17.3. The number of unbranched alkanes of at least 4 members (excludes halogenated alkanes) is 2. The van der Waals surface area contributed by atoms with E-state index in [-0.39, 0.29) is 17.3 Å². The molecule has 0 bridgehead atoms. The number of halogens is 3. The first-order chi connectivity index (χ1) is 15.3. The summed E-state index contributed by atoms with van der Waals surface area (Å²) in [5.74, 6) is -0.545. The van der Waals surface area contributed by atoms with E-state index in [1.165, 1.54) is 23.8 Å². The van der Waals surface area contributed by atoms with Crippen molar-refractivity contribution in [2.24, 2.45) is 0 Å². The van der Waals surface area contributed by atoms with E-state index in [0.29, 0.717) is 11.9 Å². The van der Waals surface area contributed by atoms with Gasteiger partial charge in [-0.25, -0.2) is 4.98 Å². The van der Waals surface area contributed by atoms with Gasteiger partial charge in [0.05, 0.1) is 4.92 Å². The molecule has 3 aromatic rings. The Bertz CT molecular complexity index is 1070. The van der Waals surface area contributed by atoms with Crippen LogP contribution in [0.3, 0.4) is 0 Å². The fraction of sp³-hybridized carbons (Fsp3) is 0.273. The van der Waals surface area contributed by atoms with Gasteiger partial charge in [-0.15, -0.1) is 0 Å². The summed E-state index contributed by atoms with van der Waals surface area (Å²) in [5, 5.41) is 16.4. The molecule has 168 valence electrons. The zero-order valence-corrected chi connectivity index (χ0v) is 17.3. The number of aryl methyl sites for hydroxylation is 1. The number of nitro benzene ring substituents is 1. The van der Waals surface area contributed by atoms with Crippen molar-refractivity contribution in [1.82, 2.24) is 9.97 Å². The van der Waals surface area contributed by atoms with Crippen molar-refractivity contribution >= 4 is 28.8 Å². The number of alkyl halides is 3. The van der Waals surface area contributed by atoms with Crippen molar-refractivity contribution in [2.75, 3.05) is 10.6 Å². The van der Waals surface area contributed by atoms with Crippen molar-refractivity contribution in [1.29, 1.82) is 0 Å². The Morgan fingerprint density at radius 1 is 1.03 bits per heavy atom. The Hall–Kier alpha value is -3.69. The van der Waals surface area contributed by atoms with Crippen molar-refractivity contribution in [2.45, 2.75) is 38.8 Å². The summed E-state index contributed by atoms with van der Waals surface area (Å²) in [5.41, 5.74) is 0.567. The van der Waals surface area contributed by atoms with E-state index in [1.807, 2.05) is 24.3 Å². The maximum atomic E-state index is 13.4. The minimum absolute atomic E-state index is 0.0373. The van der Waals surface area contributed by atoms with Crippen LogP contribution >= 0.6 is 0 Å². The van der Waals surface area contributed by atoms with Crippen LogP contribution in [0.2, 0.25) is 0 Å². The van der Waals surface area contributed by atoms with Gasteiger partial charge in [0.25, 0.3) is 5.69 Å². The Kier molecular flexibility index (Phi) is 7.24. The molecule has 3 rings (SSSR count). The van der Waals surface area contributed by atoms with Gasteiger partial charge in [-0.05, 0) is 36.6 Å². The molecule has 2 aromatic carbocycles. The average Bonchev–Trinajstić information content (AvgIpc) is 2.75. The second-order valence-electron chi connectivity index (χ2n) is 7.17. The second kappa shape index (κ2) is 10.1. The number of aromatic nitrogens is 2. The van der Waals surface area contributed by atoms with Gasteiger partial charge in [0.15, 0.2) is 0 Å². The molecule has 32 heavy (non-hydrogen) atoms. The van der Waals surface area contributed by atoms with Crippen LogP contribution in [-0.2, 0) is 12.6 Å². The third kappa shape index (κ3) is 6.16. The number of nitrogens with one attached hydrogen (secondary N) is 2. The summed E-state index contributed by atoms with van der Waals surface area (Å²) in [7, 11) is 0. The normalized spacial score (nSPS) is 11.2. The van der Waals surface area contributed by atoms with Crippen molar-refractivity contribution in [3.05, 3.63) is 76.0 Å². The predicted octanol–water partition coefficient (Wildman–Crippen LogP) is 6.62. The minimum Gasteiger partial charge on any atom is -0.339 e. The van der Waals surface area contributed by atoms with Crippen LogP contribution in [0.15, 0.2) is 54.7 Å². The topological polar surface area (TPSA) is 93.0 Å². The van der Waals surface area contributed by atoms with Gasteiger partial charge in [0.1, 0.15) is 11.4 Å². The number of hydrogen-bond donors (Lipinski definition) is 2. The van der Waals surface area contributed by atoms with Crippen LogP contribution in [0.25, 0.3) is 0 Å². The van der Waals surface area contributed by atoms with Crippen LogP contribution in [0.1, 0.15) is 37.3 Å². The maximum Gasteiger partial charge on any atom is 0.421 e. The van der Waals surface area contributed by atoms with Crippen LogP contribution in [0.4, 0.5) is 42.0 Å². The van der Waals surface area contributed by atoms with Crippen LogP contribution < -0.4 is 10.6 Å². The second-order valence-corrected chi connectivity index (χ2v) is 7.17. The van der Waals surface area contributed by atoms with E-state index < -0.39 is 22.5 Å². The largest absolute Gasteiger partial charge is 0.421 e. The molecular formula is C22H22F3N5O2. The van der Waals surface area contributed by atoms with E-state index in [4.69, 9.17) is 0 Å². The van der Waals surface area contributed by atoms with E-state index in [2.05, 4.69) is 27.5 Å². The summed E-state index contributed by atoms with van der Waals surface area (Å²) in [6.07, 6.45) is 0.313. The lowest BCUT2D eigenvalue weighted by molar-refractivity contribution is -0.384. The van der Waals surface area contributed by atoms with Crippen LogP contribution in [0, 0.1) is 10.1 Å². The van der Waals surface area contributed by atoms with Crippen LogP contribution in [0.5, 0.6) is 0 Å². The van der Waals surface area contributed by atoms with E-state index in [1.54, 1.807) is 0 Å². The molecular weight excluding hydrogens is 423 g/mol. The lowest BCUT2D eigenvalue weighted by Gasteiger charge is -2.15. The molecule has 0 spiro atoms. The number of rotatable bonds is 9. The van der Waals surface area contributed by atoms with Gasteiger partial charge in [0.2, 0.25) is 5.95 Å². The Morgan fingerprint density at radius 3 is 2.44 bits per heavy atom. The summed E-state index contributed by atoms with van der Waals surface area (Å²) in [6, 6.07) is 12.7. The predicted molar refractivity (Wildman–Crippen MR) is 116 cm³/mol. The first kappa shape index (κ1) is 23.0. The molecule has 0 atom stereocenters. The summed E-state index contributed by atoms with van der Waals surface area (Å²) in [4.78, 5) is 18.1. The van der Waals surface area contributed by atoms with Crippen molar-refractivity contribution in [3.63, 3.8) is 0 Å². The quantitative estimate of drug-likeness (QED) is 0.218. The number of hydrogen-bond acceptors (Lipinski definition) is 6. The van der Waals surface area contributed by atoms with Gasteiger partial charge < -0.3 is 10.6 Å². The fourth-order valence-electron chi connectivity index (χ4n) is 3.04. The molecule has 10 heteroatoms. The molecule has 0 aliphatic carbocycles. The third-order valence-corrected chi connectivity index (χ3v) is 4.69. The number of nitrogens with zero attached hydrogens (tertiary/aromatic N) is 3. The molecule has 0 amide bonds. The number of benzene rings is 2. The SMILES string of the molecule is CCCCCc1ccc(Nc2ncc(C(F)(F)F)c(Nc3cccc([N+](=O)[O-])c3)n2)cc1. The Balaban J connectivity index is 1.82. The zero-order chi connectivity index (χ0) is 23.1. The monoisotopic (exact) mass is 445 g/mol. The number of anilines is 4. The standard InChI is InChI=1S/C22H22F3N5O2/c1-2-3-4-6-15-9-11-16(12-10-15)28-21-26-14-19(22(23,24)25)20(29-21)27-17-7-5-8-18(13-17)30(31)32/h5,7-14H,2-4,6H2,1H3,(H2,26,27,28,29). The van der Waals surface area contributed by atoms with Crippen molar-refractivity contribution in [3.8, 4) is 0 Å². The van der Waals surface area contributed by atoms with Gasteiger partial charge in [-0.2, -0.15) is 18.2 Å². The van der Waals surface area contributed by atoms with Gasteiger partial charge in [0, 0.05) is 29.7 Å². The molecule has 0 radical (unpaired) electrons. The average molecular weight is 445 g/mol. The molecule has 0 aliphatic heterocycles. The first-order valence-corrected chi connectivity index (χ1v) is 10.1. The lowest BCUT2D eigenvalue weighted by Crippen LogP contribution is -2.12. The Morgan fingerprint density at radius 2 is 1.78 bits per heavy atom. The molecule has 0 aliphatic rings. The first-order valence-electron chi connectivity index (χ1n) is 10.1. The molecule has 0 unspecified atom stereocenters. The Labute approximate surface area is 182 Å². The molecule has 7 nitrogen and oxygen atoms in total. The van der Waals surface area contributed by atoms with Gasteiger partial charge in [-0.1, -0.05) is 38.0 Å². The molecule has 1 aromatic heterocycles. The summed E-state index contributed by atoms with van der Waals surface area (Å²) >= 11 is 0. The number of non-ortho nitro benzene ring substituents is 1. The highest BCUT2D eigenvalue weighted by atomic mass is 19.4. The lowest BCUT2D eigenvalue weighted by atomic mass is 10.1. The summed E-state index contributed by atoms with van der Waals surface area (Å²) < 4.78 is 40.3. The van der Waals surface area contributed by atoms with E-state index in [0.717, 1.165) is 31.7 Å². The molecule has 0 saturated heterocycles. The van der Waals surface area contributed by atoms with Crippen molar-refractivity contribution < 1.29 is 18.1 Å². The highest BCUT2D eigenvalue weighted by Crippen LogP contribution is 2.35. The molecule has 2 N–H and O–H groups in total. The molecule has 0 fully saturated rings. The highest BCUT2D eigenvalue weighted by molar-refractivity contribution is 5.64. The number of nitro groups is 1. The fourth-order valence-corrected chi connectivity index (χ4v) is 3.04. The highest BCUT2D eigenvalue weighted by Gasteiger charge is 2.35. The maximum absolute atomic E-state index is 13.4. The van der Waals surface area contributed by atoms with Gasteiger partial charge >= 0.3 is 6.18 Å². The minimum atomic E-state index is -4.71. The third-order valence-electron chi connectivity index (χ3n) is 4.69. The van der Waals surface area contributed by atoms with E-state index in [9.17, 15) is 23.3 Å².